The SMILES string of the molecule is N/C(=N\C(=N/Cc1ccccc1)c1ccc(-c2ccccc2)c2ccccc12)c1c(-c2cccc(-c3ccccc3)c2)ccc2oc3ccccc3c12. The third kappa shape index (κ3) is 6.17. The maximum absolute atomic E-state index is 7.30. The molecule has 8 aromatic carbocycles. The molecule has 0 spiro atoms. The monoisotopic (exact) mass is 681 g/mol. The quantitative estimate of drug-likeness (QED) is 0.134. The topological polar surface area (TPSA) is 63.9 Å². The molecule has 252 valence electrons. The number of furan rings is 1. The van der Waals surface area contributed by atoms with Crippen LogP contribution < -0.4 is 5.73 Å². The molecule has 0 aliphatic heterocycles. The lowest BCUT2D eigenvalue weighted by atomic mass is 9.92. The first-order chi connectivity index (χ1) is 26.2. The van der Waals surface area contributed by atoms with Crippen LogP contribution in [0.2, 0.25) is 0 Å². The van der Waals surface area contributed by atoms with Crippen molar-refractivity contribution in [1.82, 2.24) is 0 Å². The summed E-state index contributed by atoms with van der Waals surface area (Å²) in [5.41, 5.74) is 18.2. The van der Waals surface area contributed by atoms with Crippen LogP contribution in [-0.4, -0.2) is 11.7 Å². The van der Waals surface area contributed by atoms with Gasteiger partial charge in [-0.25, -0.2) is 4.99 Å². The number of aliphatic imine (C=N–C) groups is 2. The molecule has 4 heteroatoms. The molecule has 0 radical (unpaired) electrons. The minimum Gasteiger partial charge on any atom is -0.456 e. The Bertz CT molecular complexity index is 2800. The molecule has 0 aliphatic rings. The zero-order valence-corrected chi connectivity index (χ0v) is 29.0. The molecule has 1 heterocycles. The van der Waals surface area contributed by atoms with Crippen molar-refractivity contribution in [1.29, 1.82) is 0 Å². The van der Waals surface area contributed by atoms with Gasteiger partial charge in [-0.3, -0.25) is 4.99 Å². The summed E-state index contributed by atoms with van der Waals surface area (Å²) >= 11 is 0. The van der Waals surface area contributed by atoms with Gasteiger partial charge in [0.15, 0.2) is 5.84 Å². The Morgan fingerprint density at radius 1 is 0.472 bits per heavy atom. The van der Waals surface area contributed by atoms with Gasteiger partial charge >= 0.3 is 0 Å². The molecule has 0 bridgehead atoms. The summed E-state index contributed by atoms with van der Waals surface area (Å²) in [5.74, 6) is 0.932. The predicted octanol–water partition coefficient (Wildman–Crippen LogP) is 12.1. The molecule has 0 fully saturated rings. The van der Waals surface area contributed by atoms with E-state index in [4.69, 9.17) is 20.1 Å². The molecule has 9 aromatic rings. The van der Waals surface area contributed by atoms with Crippen LogP contribution >= 0.6 is 0 Å². The van der Waals surface area contributed by atoms with Gasteiger partial charge in [0.25, 0.3) is 0 Å². The number of fused-ring (bicyclic) bond motifs is 4. The minimum absolute atomic E-state index is 0.366. The fourth-order valence-corrected chi connectivity index (χ4v) is 7.28. The summed E-state index contributed by atoms with van der Waals surface area (Å²) in [6.07, 6.45) is 0. The fourth-order valence-electron chi connectivity index (χ4n) is 7.28. The van der Waals surface area contributed by atoms with Gasteiger partial charge in [0.1, 0.15) is 17.0 Å². The van der Waals surface area contributed by atoms with Crippen molar-refractivity contribution in [3.63, 3.8) is 0 Å². The molecule has 1 aromatic heterocycles. The number of nitrogens with two attached hydrogens (primary N) is 1. The normalized spacial score (nSPS) is 12.2. The smallest absolute Gasteiger partial charge is 0.157 e. The zero-order valence-electron chi connectivity index (χ0n) is 29.0. The Morgan fingerprint density at radius 3 is 1.85 bits per heavy atom. The molecule has 0 aliphatic carbocycles. The molecular formula is C49H35N3O. The van der Waals surface area contributed by atoms with Crippen LogP contribution in [0.5, 0.6) is 0 Å². The number of hydrogen-bond donors (Lipinski definition) is 1. The first-order valence-corrected chi connectivity index (χ1v) is 17.8. The van der Waals surface area contributed by atoms with Gasteiger partial charge in [0.05, 0.1) is 6.54 Å². The lowest BCUT2D eigenvalue weighted by molar-refractivity contribution is 0.669. The van der Waals surface area contributed by atoms with Crippen LogP contribution in [-0.2, 0) is 6.54 Å². The number of nitrogens with zero attached hydrogens (tertiary/aromatic N) is 2. The van der Waals surface area contributed by atoms with E-state index in [-0.39, 0.29) is 0 Å². The molecule has 2 N–H and O–H groups in total. The molecule has 0 saturated heterocycles. The van der Waals surface area contributed by atoms with Gasteiger partial charge in [-0.15, -0.1) is 0 Å². The standard InChI is InChI=1S/C49H35N3O/c50-48(47-39(29-30-45-46(47)43-25-12-13-26-44(43)53-45)37-22-14-21-36(31-37)34-17-6-2-7-18-34)52-49(51-32-33-15-4-1-5-16-33)42-28-27-38(35-19-8-3-9-20-35)40-23-10-11-24-41(40)42/h1-31H,32H2,(H2,50,51,52). The van der Waals surface area contributed by atoms with Crippen molar-refractivity contribution in [2.45, 2.75) is 6.54 Å². The molecular weight excluding hydrogens is 647 g/mol. The third-order valence-electron chi connectivity index (χ3n) is 9.81. The number of rotatable bonds is 7. The molecule has 0 saturated carbocycles. The second kappa shape index (κ2) is 13.9. The minimum atomic E-state index is 0.366. The summed E-state index contributed by atoms with van der Waals surface area (Å²) in [5, 5.41) is 4.09. The Kier molecular flexibility index (Phi) is 8.39. The maximum Gasteiger partial charge on any atom is 0.157 e. The fraction of sp³-hybridized carbons (Fsp3) is 0.0204. The van der Waals surface area contributed by atoms with E-state index >= 15 is 0 Å². The van der Waals surface area contributed by atoms with Crippen LogP contribution in [0.1, 0.15) is 16.7 Å². The Morgan fingerprint density at radius 2 is 1.08 bits per heavy atom. The maximum atomic E-state index is 7.30. The number of hydrogen-bond acceptors (Lipinski definition) is 2. The number of benzene rings is 8. The van der Waals surface area contributed by atoms with Gasteiger partial charge < -0.3 is 10.2 Å². The molecule has 53 heavy (non-hydrogen) atoms. The summed E-state index contributed by atoms with van der Waals surface area (Å²) < 4.78 is 6.39. The van der Waals surface area contributed by atoms with E-state index in [9.17, 15) is 0 Å². The van der Waals surface area contributed by atoms with Crippen molar-refractivity contribution in [2.75, 3.05) is 0 Å². The first-order valence-electron chi connectivity index (χ1n) is 17.8. The average Bonchev–Trinajstić information content (AvgIpc) is 3.61. The Balaban J connectivity index is 1.28. The highest BCUT2D eigenvalue weighted by atomic mass is 16.3. The predicted molar refractivity (Wildman–Crippen MR) is 221 cm³/mol. The molecule has 0 unspecified atom stereocenters. The van der Waals surface area contributed by atoms with E-state index in [2.05, 4.69) is 133 Å². The zero-order chi connectivity index (χ0) is 35.6. The molecule has 4 nitrogen and oxygen atoms in total. The van der Waals surface area contributed by atoms with E-state index in [0.717, 1.165) is 82.8 Å². The van der Waals surface area contributed by atoms with E-state index in [1.54, 1.807) is 0 Å². The van der Waals surface area contributed by atoms with Crippen LogP contribution in [0.3, 0.4) is 0 Å². The number of para-hydroxylation sites is 1. The van der Waals surface area contributed by atoms with E-state index in [0.29, 0.717) is 18.2 Å². The van der Waals surface area contributed by atoms with E-state index < -0.39 is 0 Å². The second-order valence-corrected chi connectivity index (χ2v) is 13.1. The highest BCUT2D eigenvalue weighted by Gasteiger charge is 2.21. The van der Waals surface area contributed by atoms with E-state index in [1.807, 2.05) is 54.6 Å². The van der Waals surface area contributed by atoms with E-state index in [1.165, 1.54) is 0 Å². The highest BCUT2D eigenvalue weighted by molar-refractivity contribution is 6.25. The van der Waals surface area contributed by atoms with Crippen molar-refractivity contribution >= 4 is 44.4 Å². The van der Waals surface area contributed by atoms with Crippen molar-refractivity contribution < 1.29 is 4.42 Å². The lowest BCUT2D eigenvalue weighted by Crippen LogP contribution is -2.18. The summed E-state index contributed by atoms with van der Waals surface area (Å²) in [6.45, 7) is 0.451. The van der Waals surface area contributed by atoms with Gasteiger partial charge in [-0.1, -0.05) is 158 Å². The van der Waals surface area contributed by atoms with Crippen LogP contribution in [0.25, 0.3) is 66.1 Å². The summed E-state index contributed by atoms with van der Waals surface area (Å²) in [7, 11) is 0. The lowest BCUT2D eigenvalue weighted by Gasteiger charge is -2.15. The highest BCUT2D eigenvalue weighted by Crippen LogP contribution is 2.38. The van der Waals surface area contributed by atoms with Crippen LogP contribution in [0.4, 0.5) is 0 Å². The van der Waals surface area contributed by atoms with Crippen molar-refractivity contribution in [3.05, 3.63) is 205 Å². The summed E-state index contributed by atoms with van der Waals surface area (Å²) in [4.78, 5) is 10.5. The van der Waals surface area contributed by atoms with Crippen LogP contribution in [0, 0.1) is 0 Å². The molecule has 9 rings (SSSR count). The van der Waals surface area contributed by atoms with Gasteiger partial charge in [0.2, 0.25) is 0 Å². The van der Waals surface area contributed by atoms with Gasteiger partial charge in [-0.2, -0.15) is 0 Å². The largest absolute Gasteiger partial charge is 0.456 e. The van der Waals surface area contributed by atoms with Crippen LogP contribution in [0.15, 0.2) is 202 Å². The molecule has 0 amide bonds. The first kappa shape index (κ1) is 31.9. The molecule has 0 atom stereocenters. The van der Waals surface area contributed by atoms with Crippen molar-refractivity contribution in [3.8, 4) is 33.4 Å². The summed E-state index contributed by atoms with van der Waals surface area (Å²) in [6, 6.07) is 64.7. The van der Waals surface area contributed by atoms with Crippen molar-refractivity contribution in [2.24, 2.45) is 15.7 Å². The third-order valence-corrected chi connectivity index (χ3v) is 9.81. The second-order valence-electron chi connectivity index (χ2n) is 13.1. The van der Waals surface area contributed by atoms with Gasteiger partial charge in [0, 0.05) is 21.9 Å². The Labute approximate surface area is 308 Å². The average molecular weight is 682 g/mol. The number of amidine groups is 2. The van der Waals surface area contributed by atoms with Gasteiger partial charge in [-0.05, 0) is 80.0 Å². The Hall–Kier alpha value is -7.04.